The Morgan fingerprint density at radius 1 is 1.36 bits per heavy atom. The lowest BCUT2D eigenvalue weighted by Crippen LogP contribution is -2.44. The molecular formula is C15H14ClFN2O3. The molecule has 116 valence electrons. The summed E-state index contributed by atoms with van der Waals surface area (Å²) in [4.78, 5) is 23.9. The fourth-order valence-corrected chi connectivity index (χ4v) is 2.01. The Hall–Kier alpha value is -2.34. The van der Waals surface area contributed by atoms with Crippen LogP contribution in [0, 0.1) is 5.82 Å². The smallest absolute Gasteiger partial charge is 0.253 e. The lowest BCUT2D eigenvalue weighted by molar-refractivity contribution is -0.122. The van der Waals surface area contributed by atoms with Crippen LogP contribution in [0.2, 0.25) is 5.02 Å². The first-order valence-electron chi connectivity index (χ1n) is 6.53. The van der Waals surface area contributed by atoms with Crippen molar-refractivity contribution in [2.24, 2.45) is 0 Å². The zero-order valence-corrected chi connectivity index (χ0v) is 12.5. The van der Waals surface area contributed by atoms with Crippen LogP contribution in [0.15, 0.2) is 41.0 Å². The van der Waals surface area contributed by atoms with Gasteiger partial charge in [0.25, 0.3) is 5.91 Å². The number of benzene rings is 1. The summed E-state index contributed by atoms with van der Waals surface area (Å²) in [5.41, 5.74) is 0.105. The van der Waals surface area contributed by atoms with Gasteiger partial charge in [0.15, 0.2) is 0 Å². The molecule has 2 rings (SSSR count). The van der Waals surface area contributed by atoms with Crippen molar-refractivity contribution in [3.05, 3.63) is 58.8 Å². The maximum Gasteiger partial charge on any atom is 0.253 e. The van der Waals surface area contributed by atoms with E-state index in [0.717, 1.165) is 12.1 Å². The minimum absolute atomic E-state index is 0.0132. The fraction of sp³-hybridized carbons (Fsp3) is 0.200. The van der Waals surface area contributed by atoms with Crippen LogP contribution in [0.1, 0.15) is 23.0 Å². The Morgan fingerprint density at radius 2 is 2.14 bits per heavy atom. The number of furan rings is 1. The van der Waals surface area contributed by atoms with E-state index in [-0.39, 0.29) is 23.0 Å². The largest absolute Gasteiger partial charge is 0.467 e. The molecule has 0 bridgehead atoms. The molecule has 22 heavy (non-hydrogen) atoms. The van der Waals surface area contributed by atoms with Crippen LogP contribution in [-0.2, 0) is 11.3 Å². The molecule has 0 fully saturated rings. The quantitative estimate of drug-likeness (QED) is 0.887. The van der Waals surface area contributed by atoms with E-state index >= 15 is 0 Å². The second kappa shape index (κ2) is 7.09. The Kier molecular flexibility index (Phi) is 5.16. The van der Waals surface area contributed by atoms with E-state index in [1.54, 1.807) is 12.1 Å². The third kappa shape index (κ3) is 4.08. The molecule has 0 saturated carbocycles. The van der Waals surface area contributed by atoms with Crippen LogP contribution in [0.25, 0.3) is 0 Å². The Morgan fingerprint density at radius 3 is 2.77 bits per heavy atom. The van der Waals surface area contributed by atoms with Crippen molar-refractivity contribution in [2.75, 3.05) is 0 Å². The Balaban J connectivity index is 1.91. The highest BCUT2D eigenvalue weighted by Gasteiger charge is 2.18. The number of carbonyl (C=O) groups is 2. The van der Waals surface area contributed by atoms with Gasteiger partial charge in [-0.2, -0.15) is 0 Å². The summed E-state index contributed by atoms with van der Waals surface area (Å²) in [5.74, 6) is -0.854. The third-order valence-electron chi connectivity index (χ3n) is 2.93. The molecule has 2 N–H and O–H groups in total. The molecule has 0 unspecified atom stereocenters. The molecule has 2 aromatic rings. The van der Waals surface area contributed by atoms with Gasteiger partial charge < -0.3 is 15.1 Å². The Labute approximate surface area is 131 Å². The summed E-state index contributed by atoms with van der Waals surface area (Å²) in [6.45, 7) is 1.76. The maximum absolute atomic E-state index is 12.9. The summed E-state index contributed by atoms with van der Waals surface area (Å²) in [5, 5.41) is 5.11. The first-order valence-corrected chi connectivity index (χ1v) is 6.91. The van der Waals surface area contributed by atoms with E-state index in [1.165, 1.54) is 19.3 Å². The standard InChI is InChI=1S/C15H14ClFN2O3/c1-9(14(20)18-8-11-3-2-6-22-11)19-15(21)12-5-4-10(17)7-13(12)16/h2-7,9H,8H2,1H3,(H,18,20)(H,19,21)/t9-/m1/s1. The molecule has 1 heterocycles. The number of hydrogen-bond acceptors (Lipinski definition) is 3. The van der Waals surface area contributed by atoms with Gasteiger partial charge in [-0.25, -0.2) is 4.39 Å². The molecule has 0 spiro atoms. The molecule has 0 aliphatic carbocycles. The molecule has 1 atom stereocenters. The van der Waals surface area contributed by atoms with E-state index in [2.05, 4.69) is 10.6 Å². The minimum Gasteiger partial charge on any atom is -0.467 e. The van der Waals surface area contributed by atoms with Gasteiger partial charge in [-0.3, -0.25) is 9.59 Å². The monoisotopic (exact) mass is 324 g/mol. The van der Waals surface area contributed by atoms with E-state index in [9.17, 15) is 14.0 Å². The van der Waals surface area contributed by atoms with Crippen molar-refractivity contribution >= 4 is 23.4 Å². The van der Waals surface area contributed by atoms with Crippen LogP contribution >= 0.6 is 11.6 Å². The zero-order valence-electron chi connectivity index (χ0n) is 11.7. The molecule has 0 aliphatic rings. The Bertz CT molecular complexity index is 673. The highest BCUT2D eigenvalue weighted by atomic mass is 35.5. The zero-order chi connectivity index (χ0) is 16.1. The van der Waals surface area contributed by atoms with Crippen molar-refractivity contribution in [1.82, 2.24) is 10.6 Å². The van der Waals surface area contributed by atoms with Gasteiger partial charge in [-0.15, -0.1) is 0 Å². The first kappa shape index (κ1) is 16.0. The average molecular weight is 325 g/mol. The van der Waals surface area contributed by atoms with Crippen LogP contribution in [-0.4, -0.2) is 17.9 Å². The average Bonchev–Trinajstić information content (AvgIpc) is 2.97. The van der Waals surface area contributed by atoms with Crippen molar-refractivity contribution in [3.63, 3.8) is 0 Å². The van der Waals surface area contributed by atoms with Gasteiger partial charge in [-0.1, -0.05) is 11.6 Å². The lowest BCUT2D eigenvalue weighted by atomic mass is 10.2. The normalized spacial score (nSPS) is 11.8. The third-order valence-corrected chi connectivity index (χ3v) is 3.25. The number of halogens is 2. The SMILES string of the molecule is C[C@@H](NC(=O)c1ccc(F)cc1Cl)C(=O)NCc1ccco1. The van der Waals surface area contributed by atoms with Crippen LogP contribution < -0.4 is 10.6 Å². The van der Waals surface area contributed by atoms with E-state index in [1.807, 2.05) is 0 Å². The van der Waals surface area contributed by atoms with E-state index < -0.39 is 17.8 Å². The van der Waals surface area contributed by atoms with Crippen molar-refractivity contribution in [2.45, 2.75) is 19.5 Å². The first-order chi connectivity index (χ1) is 10.5. The molecule has 1 aromatic heterocycles. The van der Waals surface area contributed by atoms with Crippen LogP contribution in [0.4, 0.5) is 4.39 Å². The molecule has 0 saturated heterocycles. The molecular weight excluding hydrogens is 311 g/mol. The topological polar surface area (TPSA) is 71.3 Å². The number of rotatable bonds is 5. The van der Waals surface area contributed by atoms with Crippen LogP contribution in [0.3, 0.4) is 0 Å². The summed E-state index contributed by atoms with van der Waals surface area (Å²) in [7, 11) is 0. The van der Waals surface area contributed by atoms with Gasteiger partial charge in [0, 0.05) is 0 Å². The number of nitrogens with one attached hydrogen (secondary N) is 2. The molecule has 2 amide bonds. The van der Waals surface area contributed by atoms with Gasteiger partial charge in [-0.05, 0) is 37.3 Å². The van der Waals surface area contributed by atoms with E-state index in [0.29, 0.717) is 5.76 Å². The summed E-state index contributed by atoms with van der Waals surface area (Å²) in [6, 6.07) is 6.09. The summed E-state index contributed by atoms with van der Waals surface area (Å²) < 4.78 is 18.0. The highest BCUT2D eigenvalue weighted by molar-refractivity contribution is 6.33. The van der Waals surface area contributed by atoms with Crippen molar-refractivity contribution < 1.29 is 18.4 Å². The summed E-state index contributed by atoms with van der Waals surface area (Å²) >= 11 is 5.80. The molecule has 0 aliphatic heterocycles. The lowest BCUT2D eigenvalue weighted by Gasteiger charge is -2.14. The van der Waals surface area contributed by atoms with Crippen LogP contribution in [0.5, 0.6) is 0 Å². The molecule has 5 nitrogen and oxygen atoms in total. The van der Waals surface area contributed by atoms with E-state index in [4.69, 9.17) is 16.0 Å². The highest BCUT2D eigenvalue weighted by Crippen LogP contribution is 2.17. The second-order valence-corrected chi connectivity index (χ2v) is 5.02. The minimum atomic E-state index is -0.774. The maximum atomic E-state index is 12.9. The number of amides is 2. The molecule has 7 heteroatoms. The number of carbonyl (C=O) groups excluding carboxylic acids is 2. The van der Waals surface area contributed by atoms with Gasteiger partial charge in [0.2, 0.25) is 5.91 Å². The second-order valence-electron chi connectivity index (χ2n) is 4.62. The van der Waals surface area contributed by atoms with Gasteiger partial charge in [0.05, 0.1) is 23.4 Å². The number of hydrogen-bond donors (Lipinski definition) is 2. The van der Waals surface area contributed by atoms with Crippen molar-refractivity contribution in [1.29, 1.82) is 0 Å². The predicted molar refractivity (Wildman–Crippen MR) is 78.9 cm³/mol. The predicted octanol–water partition coefficient (Wildman–Crippen LogP) is 2.51. The fourth-order valence-electron chi connectivity index (χ4n) is 1.75. The summed E-state index contributed by atoms with van der Waals surface area (Å²) in [6.07, 6.45) is 1.50. The van der Waals surface area contributed by atoms with Crippen molar-refractivity contribution in [3.8, 4) is 0 Å². The molecule has 0 radical (unpaired) electrons. The molecule has 1 aromatic carbocycles. The van der Waals surface area contributed by atoms with Gasteiger partial charge in [0.1, 0.15) is 17.6 Å². The van der Waals surface area contributed by atoms with Gasteiger partial charge >= 0.3 is 0 Å².